The molecule has 0 amide bonds. The van der Waals surface area contributed by atoms with E-state index in [9.17, 15) is 13.2 Å². The van der Waals surface area contributed by atoms with Crippen molar-refractivity contribution in [2.24, 2.45) is 5.73 Å². The molecule has 20 heavy (non-hydrogen) atoms. The van der Waals surface area contributed by atoms with Gasteiger partial charge in [-0.15, -0.1) is 0 Å². The van der Waals surface area contributed by atoms with Crippen molar-refractivity contribution in [1.29, 1.82) is 0 Å². The smallest absolute Gasteiger partial charge is 0.303 e. The highest BCUT2D eigenvalue weighted by Crippen LogP contribution is 2.16. The van der Waals surface area contributed by atoms with Crippen LogP contribution in [0.15, 0.2) is 24.3 Å². The molecular weight excluding hydrogens is 284 g/mol. The van der Waals surface area contributed by atoms with Gasteiger partial charge in [-0.2, -0.15) is 0 Å². The summed E-state index contributed by atoms with van der Waals surface area (Å²) < 4.78 is 31.0. The van der Waals surface area contributed by atoms with Crippen LogP contribution in [0.1, 0.15) is 12.8 Å². The van der Waals surface area contributed by atoms with Gasteiger partial charge in [-0.05, 0) is 30.7 Å². The summed E-state index contributed by atoms with van der Waals surface area (Å²) in [6.45, 7) is 0.790. The molecule has 8 heteroatoms. The van der Waals surface area contributed by atoms with Crippen LogP contribution in [0.3, 0.4) is 0 Å². The van der Waals surface area contributed by atoms with Crippen LogP contribution < -0.4 is 15.2 Å². The van der Waals surface area contributed by atoms with E-state index in [0.29, 0.717) is 24.6 Å². The van der Waals surface area contributed by atoms with Gasteiger partial charge in [0.1, 0.15) is 12.4 Å². The predicted molar refractivity (Wildman–Crippen MR) is 75.3 cm³/mol. The van der Waals surface area contributed by atoms with Crippen LogP contribution in [0.25, 0.3) is 0 Å². The van der Waals surface area contributed by atoms with Crippen molar-refractivity contribution in [1.82, 2.24) is 0 Å². The van der Waals surface area contributed by atoms with Crippen molar-refractivity contribution in [2.45, 2.75) is 12.8 Å². The fourth-order valence-electron chi connectivity index (χ4n) is 1.44. The fraction of sp³-hybridized carbons (Fsp3) is 0.417. The van der Waals surface area contributed by atoms with E-state index in [0.717, 1.165) is 0 Å². The molecule has 0 aliphatic rings. The van der Waals surface area contributed by atoms with E-state index in [2.05, 4.69) is 4.72 Å². The first-order valence-electron chi connectivity index (χ1n) is 6.08. The molecule has 0 saturated heterocycles. The van der Waals surface area contributed by atoms with Gasteiger partial charge < -0.3 is 15.6 Å². The van der Waals surface area contributed by atoms with E-state index in [1.807, 2.05) is 0 Å². The number of sulfonamides is 1. The number of nitrogens with one attached hydrogen (secondary N) is 1. The zero-order valence-electron chi connectivity index (χ0n) is 10.9. The molecule has 0 saturated carbocycles. The van der Waals surface area contributed by atoms with Crippen molar-refractivity contribution in [2.75, 3.05) is 23.6 Å². The summed E-state index contributed by atoms with van der Waals surface area (Å²) in [5.41, 5.74) is 5.70. The summed E-state index contributed by atoms with van der Waals surface area (Å²) in [4.78, 5) is 10.3. The van der Waals surface area contributed by atoms with Crippen LogP contribution in [0.4, 0.5) is 5.69 Å². The highest BCUT2D eigenvalue weighted by atomic mass is 32.2. The molecule has 1 aromatic rings. The number of aliphatic carboxylic acids is 1. The van der Waals surface area contributed by atoms with E-state index in [1.54, 1.807) is 24.3 Å². The molecule has 0 fully saturated rings. The van der Waals surface area contributed by atoms with Gasteiger partial charge in [-0.25, -0.2) is 8.42 Å². The molecule has 0 unspecified atom stereocenters. The van der Waals surface area contributed by atoms with E-state index >= 15 is 0 Å². The minimum absolute atomic E-state index is 0.0718. The minimum atomic E-state index is -3.53. The summed E-state index contributed by atoms with van der Waals surface area (Å²) >= 11 is 0. The Morgan fingerprint density at radius 2 is 1.95 bits per heavy atom. The lowest BCUT2D eigenvalue weighted by Crippen LogP contribution is -2.17. The van der Waals surface area contributed by atoms with Crippen LogP contribution in [0, 0.1) is 0 Å². The van der Waals surface area contributed by atoms with Gasteiger partial charge in [0, 0.05) is 18.7 Å². The molecule has 0 spiro atoms. The molecule has 1 rings (SSSR count). The quantitative estimate of drug-likeness (QED) is 0.615. The summed E-state index contributed by atoms with van der Waals surface area (Å²) in [6.07, 6.45) is -0.102. The first kappa shape index (κ1) is 16.3. The Labute approximate surface area is 117 Å². The van der Waals surface area contributed by atoms with Crippen LogP contribution in [-0.4, -0.2) is 38.4 Å². The maximum atomic E-state index is 11.7. The number of anilines is 1. The largest absolute Gasteiger partial charge is 0.492 e. The van der Waals surface area contributed by atoms with Gasteiger partial charge in [0.15, 0.2) is 0 Å². The first-order chi connectivity index (χ1) is 9.43. The number of rotatable bonds is 9. The monoisotopic (exact) mass is 302 g/mol. The number of nitrogens with two attached hydrogens (primary N) is 1. The predicted octanol–water partition coefficient (Wildman–Crippen LogP) is 0.631. The van der Waals surface area contributed by atoms with Crippen LogP contribution in [0.5, 0.6) is 5.75 Å². The van der Waals surface area contributed by atoms with Gasteiger partial charge in [-0.1, -0.05) is 0 Å². The number of hydrogen-bond acceptors (Lipinski definition) is 5. The van der Waals surface area contributed by atoms with E-state index in [4.69, 9.17) is 15.6 Å². The van der Waals surface area contributed by atoms with Gasteiger partial charge in [0.05, 0.1) is 5.75 Å². The summed E-state index contributed by atoms with van der Waals surface area (Å²) in [5.74, 6) is -0.643. The van der Waals surface area contributed by atoms with Crippen LogP contribution in [0.2, 0.25) is 0 Å². The topological polar surface area (TPSA) is 119 Å². The van der Waals surface area contributed by atoms with Crippen molar-refractivity contribution >= 4 is 21.7 Å². The molecule has 7 nitrogen and oxygen atoms in total. The number of carboxylic acid groups (broad SMARTS) is 1. The second-order valence-electron chi connectivity index (χ2n) is 4.08. The number of carbonyl (C=O) groups is 1. The lowest BCUT2D eigenvalue weighted by Gasteiger charge is -2.09. The Kier molecular flexibility index (Phi) is 6.26. The Bertz CT molecular complexity index is 527. The Morgan fingerprint density at radius 1 is 1.30 bits per heavy atom. The molecule has 0 radical (unpaired) electrons. The fourth-order valence-corrected chi connectivity index (χ4v) is 2.56. The average molecular weight is 302 g/mol. The second-order valence-corrected chi connectivity index (χ2v) is 5.92. The molecule has 4 N–H and O–H groups in total. The van der Waals surface area contributed by atoms with Gasteiger partial charge >= 0.3 is 5.97 Å². The summed E-state index contributed by atoms with van der Waals surface area (Å²) in [6, 6.07) is 6.40. The molecular formula is C12H18N2O5S. The zero-order chi connectivity index (χ0) is 15.0. The van der Waals surface area contributed by atoms with Crippen molar-refractivity contribution in [3.05, 3.63) is 24.3 Å². The molecule has 0 bridgehead atoms. The van der Waals surface area contributed by atoms with Gasteiger partial charge in [0.25, 0.3) is 0 Å². The SMILES string of the molecule is NCCOc1ccc(NS(=O)(=O)CCCC(=O)O)cc1. The maximum absolute atomic E-state index is 11.7. The zero-order valence-corrected chi connectivity index (χ0v) is 11.7. The maximum Gasteiger partial charge on any atom is 0.303 e. The van der Waals surface area contributed by atoms with Gasteiger partial charge in [-0.3, -0.25) is 9.52 Å². The summed E-state index contributed by atoms with van der Waals surface area (Å²) in [7, 11) is -3.53. The molecule has 0 aliphatic heterocycles. The van der Waals surface area contributed by atoms with Crippen molar-refractivity contribution in [3.63, 3.8) is 0 Å². The Balaban J connectivity index is 2.52. The molecule has 1 aromatic carbocycles. The highest BCUT2D eigenvalue weighted by Gasteiger charge is 2.11. The summed E-state index contributed by atoms with van der Waals surface area (Å²) in [5, 5.41) is 8.46. The standard InChI is InChI=1S/C12H18N2O5S/c13-7-8-19-11-5-3-10(4-6-11)14-20(17,18)9-1-2-12(15)16/h3-6,14H,1-2,7-9,13H2,(H,15,16). The molecule has 0 aromatic heterocycles. The first-order valence-corrected chi connectivity index (χ1v) is 7.73. The molecule has 112 valence electrons. The van der Waals surface area contributed by atoms with Crippen LogP contribution in [-0.2, 0) is 14.8 Å². The van der Waals surface area contributed by atoms with Gasteiger partial charge in [0.2, 0.25) is 10.0 Å². The van der Waals surface area contributed by atoms with Crippen molar-refractivity contribution in [3.8, 4) is 5.75 Å². The second kappa shape index (κ2) is 7.71. The van der Waals surface area contributed by atoms with Crippen molar-refractivity contribution < 1.29 is 23.1 Å². The highest BCUT2D eigenvalue weighted by molar-refractivity contribution is 7.92. The van der Waals surface area contributed by atoms with E-state index < -0.39 is 16.0 Å². The third-order valence-electron chi connectivity index (χ3n) is 2.32. The number of ether oxygens (including phenoxy) is 1. The average Bonchev–Trinajstić information content (AvgIpc) is 2.37. The molecule has 0 aliphatic carbocycles. The van der Waals surface area contributed by atoms with E-state index in [-0.39, 0.29) is 18.6 Å². The number of carboxylic acids is 1. The minimum Gasteiger partial charge on any atom is -0.492 e. The molecule has 0 atom stereocenters. The lowest BCUT2D eigenvalue weighted by atomic mass is 10.3. The lowest BCUT2D eigenvalue weighted by molar-refractivity contribution is -0.137. The Morgan fingerprint density at radius 3 is 2.50 bits per heavy atom. The molecule has 0 heterocycles. The number of hydrogen-bond donors (Lipinski definition) is 3. The van der Waals surface area contributed by atoms with Crippen LogP contribution >= 0.6 is 0 Å². The Hall–Kier alpha value is -1.80. The number of benzene rings is 1. The normalized spacial score (nSPS) is 11.1. The third kappa shape index (κ3) is 6.39. The third-order valence-corrected chi connectivity index (χ3v) is 3.69. The van der Waals surface area contributed by atoms with E-state index in [1.165, 1.54) is 0 Å².